The fourth-order valence-corrected chi connectivity index (χ4v) is 5.32. The molecule has 1 N–H and O–H groups in total. The molecule has 2 aliphatic rings. The summed E-state index contributed by atoms with van der Waals surface area (Å²) in [6.45, 7) is 11.0. The van der Waals surface area contributed by atoms with E-state index < -0.39 is 0 Å². The average Bonchev–Trinajstić information content (AvgIpc) is 3.03. The van der Waals surface area contributed by atoms with E-state index in [9.17, 15) is 4.79 Å². The Morgan fingerprint density at radius 3 is 2.71 bits per heavy atom. The van der Waals surface area contributed by atoms with Gasteiger partial charge in [-0.05, 0) is 104 Å². The topological polar surface area (TPSA) is 44.7 Å². The number of amides is 1. The Hall–Kier alpha value is -2.24. The van der Waals surface area contributed by atoms with Crippen LogP contribution in [0.3, 0.4) is 0 Å². The molecule has 2 aliphatic heterocycles. The number of rotatable bonds is 2. The lowest BCUT2D eigenvalue weighted by Gasteiger charge is -2.45. The molecule has 0 unspecified atom stereocenters. The van der Waals surface area contributed by atoms with Crippen LogP contribution >= 0.6 is 23.4 Å². The number of benzene rings is 2. The summed E-state index contributed by atoms with van der Waals surface area (Å²) in [5.41, 5.74) is 6.77. The van der Waals surface area contributed by atoms with Crippen molar-refractivity contribution in [3.8, 4) is 0 Å². The monoisotopic (exact) mass is 453 g/mol. The van der Waals surface area contributed by atoms with Gasteiger partial charge in [-0.3, -0.25) is 4.79 Å². The molecule has 162 valence electrons. The molecule has 1 fully saturated rings. The zero-order valence-corrected chi connectivity index (χ0v) is 20.4. The van der Waals surface area contributed by atoms with Gasteiger partial charge in [0.05, 0.1) is 10.6 Å². The first-order valence-electron chi connectivity index (χ1n) is 10.5. The van der Waals surface area contributed by atoms with Crippen LogP contribution < -0.4 is 10.2 Å². The lowest BCUT2D eigenvalue weighted by molar-refractivity contribution is -0.115. The molecule has 0 bridgehead atoms. The van der Waals surface area contributed by atoms with Crippen LogP contribution in [0, 0.1) is 13.8 Å². The van der Waals surface area contributed by atoms with Gasteiger partial charge in [0.1, 0.15) is 0 Å². The van der Waals surface area contributed by atoms with Crippen LogP contribution in [0.2, 0.25) is 5.02 Å². The molecule has 4 nitrogen and oxygen atoms in total. The number of anilines is 1. The number of hydrogen-bond donors (Lipinski definition) is 1. The fourth-order valence-electron chi connectivity index (χ4n) is 4.32. The molecule has 0 radical (unpaired) electrons. The van der Waals surface area contributed by atoms with E-state index in [-0.39, 0.29) is 11.4 Å². The highest BCUT2D eigenvalue weighted by molar-refractivity contribution is 8.18. The Balaban J connectivity index is 1.67. The third-order valence-corrected chi connectivity index (χ3v) is 7.50. The number of fused-ring (bicyclic) bond motifs is 1. The number of thioether (sulfide) groups is 1. The Morgan fingerprint density at radius 1 is 1.23 bits per heavy atom. The smallest absolute Gasteiger partial charge is 0.264 e. The number of carbonyl (C=O) groups excluding carboxylic acids is 1. The predicted octanol–water partition coefficient (Wildman–Crippen LogP) is 6.57. The molecule has 1 saturated heterocycles. The lowest BCUT2D eigenvalue weighted by Crippen LogP contribution is -2.45. The third-order valence-electron chi connectivity index (χ3n) is 6.35. The molecule has 1 atom stereocenters. The Morgan fingerprint density at radius 2 is 1.97 bits per heavy atom. The number of aryl methyl sites for hydroxylation is 2. The van der Waals surface area contributed by atoms with Gasteiger partial charge in [0.2, 0.25) is 0 Å². The van der Waals surface area contributed by atoms with E-state index in [0.717, 1.165) is 28.8 Å². The number of aliphatic imine (C=N–C) groups is 1. The van der Waals surface area contributed by atoms with Crippen LogP contribution in [0.25, 0.3) is 6.08 Å². The first-order chi connectivity index (χ1) is 14.5. The number of amidine groups is 1. The second kappa shape index (κ2) is 8.03. The van der Waals surface area contributed by atoms with Crippen molar-refractivity contribution in [2.75, 3.05) is 11.9 Å². The molecule has 1 amide bonds. The number of nitrogens with one attached hydrogen (secondary N) is 1. The van der Waals surface area contributed by atoms with E-state index >= 15 is 0 Å². The van der Waals surface area contributed by atoms with E-state index in [1.54, 1.807) is 0 Å². The molecule has 2 aromatic rings. The number of nitrogens with zero attached hydrogens (tertiary/aromatic N) is 2. The maximum absolute atomic E-state index is 12.6. The largest absolute Gasteiger partial charge is 0.369 e. The lowest BCUT2D eigenvalue weighted by atomic mass is 9.79. The average molecular weight is 454 g/mol. The molecule has 0 aromatic heterocycles. The molecule has 2 aromatic carbocycles. The normalized spacial score (nSPS) is 22.7. The maximum atomic E-state index is 12.6. The van der Waals surface area contributed by atoms with Crippen molar-refractivity contribution in [3.63, 3.8) is 0 Å². The summed E-state index contributed by atoms with van der Waals surface area (Å²) in [5, 5.41) is 4.09. The van der Waals surface area contributed by atoms with E-state index in [2.05, 4.69) is 62.1 Å². The zero-order valence-electron chi connectivity index (χ0n) is 18.8. The van der Waals surface area contributed by atoms with Crippen molar-refractivity contribution in [2.24, 2.45) is 4.99 Å². The van der Waals surface area contributed by atoms with Gasteiger partial charge >= 0.3 is 0 Å². The number of hydrogen-bond acceptors (Lipinski definition) is 4. The first kappa shape index (κ1) is 22.0. The molecule has 0 spiro atoms. The number of halogens is 1. The molecule has 2 heterocycles. The summed E-state index contributed by atoms with van der Waals surface area (Å²) in [4.78, 5) is 20.3. The van der Waals surface area contributed by atoms with Crippen LogP contribution in [-0.4, -0.2) is 23.7 Å². The Labute approximate surface area is 193 Å². The number of carbonyl (C=O) groups is 1. The first-order valence-corrected chi connectivity index (χ1v) is 11.7. The van der Waals surface area contributed by atoms with Gasteiger partial charge in [-0.15, -0.1) is 0 Å². The van der Waals surface area contributed by atoms with Gasteiger partial charge in [0, 0.05) is 23.3 Å². The van der Waals surface area contributed by atoms with E-state index in [4.69, 9.17) is 11.6 Å². The van der Waals surface area contributed by atoms with Crippen molar-refractivity contribution in [1.29, 1.82) is 0 Å². The second-order valence-electron chi connectivity index (χ2n) is 9.16. The summed E-state index contributed by atoms with van der Waals surface area (Å²) in [7, 11) is 2.17. The van der Waals surface area contributed by atoms with Crippen molar-refractivity contribution >= 4 is 51.9 Å². The van der Waals surface area contributed by atoms with Crippen molar-refractivity contribution < 1.29 is 4.79 Å². The molecule has 0 saturated carbocycles. The summed E-state index contributed by atoms with van der Waals surface area (Å²) < 4.78 is 0. The minimum atomic E-state index is -0.119. The van der Waals surface area contributed by atoms with E-state index in [1.165, 1.54) is 23.0 Å². The van der Waals surface area contributed by atoms with Gasteiger partial charge in [0.25, 0.3) is 5.91 Å². The minimum Gasteiger partial charge on any atom is -0.369 e. The molecule has 31 heavy (non-hydrogen) atoms. The summed E-state index contributed by atoms with van der Waals surface area (Å²) in [6.07, 6.45) is 3.08. The zero-order chi connectivity index (χ0) is 22.5. The highest BCUT2D eigenvalue weighted by atomic mass is 35.5. The second-order valence-corrected chi connectivity index (χ2v) is 10.6. The molecule has 4 rings (SSSR count). The third kappa shape index (κ3) is 4.26. The highest BCUT2D eigenvalue weighted by Gasteiger charge is 2.34. The van der Waals surface area contributed by atoms with Crippen LogP contribution in [0.4, 0.5) is 11.4 Å². The molecule has 0 aliphatic carbocycles. The molecule has 6 heteroatoms. The summed E-state index contributed by atoms with van der Waals surface area (Å²) >= 11 is 7.47. The van der Waals surface area contributed by atoms with Gasteiger partial charge in [-0.25, -0.2) is 4.99 Å². The standard InChI is InChI=1S/C25H28ClN3OS/c1-14-7-8-18(26)12-20(14)27-24-28-23(30)22(31-24)11-17-10-19-16(3)13-25(4,5)29(6)21(19)9-15(17)2/h7-12,16H,13H2,1-6H3,(H,27,28,30)/b22-11-/t16-/m0/s1. The maximum Gasteiger partial charge on any atom is 0.264 e. The SMILES string of the molecule is Cc1cc2c(cc1/C=C1\SC(=Nc3cc(Cl)ccc3C)NC1=O)[C@@H](C)CC(C)(C)N2C. The van der Waals surface area contributed by atoms with E-state index in [1.807, 2.05) is 31.2 Å². The summed E-state index contributed by atoms with van der Waals surface area (Å²) in [5.74, 6) is 0.346. The van der Waals surface area contributed by atoms with E-state index in [0.29, 0.717) is 21.0 Å². The van der Waals surface area contributed by atoms with Crippen LogP contribution in [-0.2, 0) is 4.79 Å². The van der Waals surface area contributed by atoms with Crippen LogP contribution in [0.15, 0.2) is 40.2 Å². The minimum absolute atomic E-state index is 0.119. The molecular weight excluding hydrogens is 426 g/mol. The highest BCUT2D eigenvalue weighted by Crippen LogP contribution is 2.44. The quantitative estimate of drug-likeness (QED) is 0.523. The Bertz CT molecular complexity index is 1140. The van der Waals surface area contributed by atoms with Gasteiger partial charge in [-0.1, -0.05) is 24.6 Å². The molecular formula is C25H28ClN3OS. The fraction of sp³-hybridized carbons (Fsp3) is 0.360. The van der Waals surface area contributed by atoms with Gasteiger partial charge < -0.3 is 10.2 Å². The summed E-state index contributed by atoms with van der Waals surface area (Å²) in [6, 6.07) is 10.1. The van der Waals surface area contributed by atoms with Crippen molar-refractivity contribution in [2.45, 2.75) is 52.5 Å². The van der Waals surface area contributed by atoms with Crippen molar-refractivity contribution in [1.82, 2.24) is 5.32 Å². The van der Waals surface area contributed by atoms with Gasteiger partial charge in [-0.2, -0.15) is 0 Å². The van der Waals surface area contributed by atoms with Crippen molar-refractivity contribution in [3.05, 3.63) is 62.5 Å². The predicted molar refractivity (Wildman–Crippen MR) is 134 cm³/mol. The van der Waals surface area contributed by atoms with Crippen LogP contribution in [0.1, 0.15) is 55.4 Å². The Kier molecular flexibility index (Phi) is 5.69. The van der Waals surface area contributed by atoms with Crippen LogP contribution in [0.5, 0.6) is 0 Å². The van der Waals surface area contributed by atoms with Gasteiger partial charge in [0.15, 0.2) is 5.17 Å².